The Morgan fingerprint density at radius 2 is 1.92 bits per heavy atom. The van der Waals surface area contributed by atoms with Crippen molar-refractivity contribution in [3.63, 3.8) is 0 Å². The second kappa shape index (κ2) is 2.73. The van der Waals surface area contributed by atoms with Crippen LogP contribution in [0, 0.1) is 17.3 Å². The van der Waals surface area contributed by atoms with Crippen molar-refractivity contribution < 1.29 is 5.11 Å². The maximum atomic E-state index is 9.91. The lowest BCUT2D eigenvalue weighted by Crippen LogP contribution is -2.33. The molecule has 0 aromatic heterocycles. The van der Waals surface area contributed by atoms with Crippen LogP contribution in [-0.2, 0) is 0 Å². The lowest BCUT2D eigenvalue weighted by Gasteiger charge is -2.35. The quantitative estimate of drug-likeness (QED) is 0.638. The molecule has 1 N–H and O–H groups in total. The summed E-state index contributed by atoms with van der Waals surface area (Å²) in [5.41, 5.74) is 0.527. The van der Waals surface area contributed by atoms with Crippen LogP contribution in [0.1, 0.15) is 46.0 Å². The van der Waals surface area contributed by atoms with E-state index in [1.165, 1.54) is 25.7 Å². The van der Waals surface area contributed by atoms with E-state index in [1.54, 1.807) is 0 Å². The summed E-state index contributed by atoms with van der Waals surface area (Å²) in [6.45, 7) is 4.60. The van der Waals surface area contributed by atoms with Gasteiger partial charge in [0.1, 0.15) is 0 Å². The Labute approximate surface area is 75.2 Å². The fourth-order valence-corrected chi connectivity index (χ4v) is 2.73. The van der Waals surface area contributed by atoms with E-state index < -0.39 is 0 Å². The van der Waals surface area contributed by atoms with Gasteiger partial charge < -0.3 is 5.11 Å². The molecule has 0 spiro atoms. The van der Waals surface area contributed by atoms with Crippen molar-refractivity contribution in [3.05, 3.63) is 0 Å². The van der Waals surface area contributed by atoms with Gasteiger partial charge in [0.25, 0.3) is 0 Å². The molecule has 0 unspecified atom stereocenters. The molecule has 1 heteroatoms. The number of aliphatic hydroxyl groups excluding tert-OH is 1. The molecule has 2 rings (SSSR count). The Morgan fingerprint density at radius 1 is 1.25 bits per heavy atom. The summed E-state index contributed by atoms with van der Waals surface area (Å²) in [5.74, 6) is 1.37. The van der Waals surface area contributed by atoms with Crippen LogP contribution in [0.15, 0.2) is 0 Å². The highest BCUT2D eigenvalue weighted by Gasteiger charge is 2.48. The molecule has 2 aliphatic rings. The first kappa shape index (κ1) is 8.55. The van der Waals surface area contributed by atoms with Crippen molar-refractivity contribution in [1.82, 2.24) is 0 Å². The SMILES string of the molecule is C[C@@H]1CC[C@@H](C2(C)CC2)[C@H](O)C1. The van der Waals surface area contributed by atoms with E-state index in [1.807, 2.05) is 0 Å². The van der Waals surface area contributed by atoms with E-state index >= 15 is 0 Å². The predicted molar refractivity (Wildman–Crippen MR) is 49.9 cm³/mol. The molecule has 2 saturated carbocycles. The van der Waals surface area contributed by atoms with Crippen LogP contribution in [0.5, 0.6) is 0 Å². The zero-order valence-corrected chi connectivity index (χ0v) is 8.21. The molecule has 1 nitrogen and oxygen atoms in total. The molecule has 0 aliphatic heterocycles. The van der Waals surface area contributed by atoms with Crippen molar-refractivity contribution in [1.29, 1.82) is 0 Å². The minimum atomic E-state index is 0.00116. The van der Waals surface area contributed by atoms with Gasteiger partial charge in [-0.2, -0.15) is 0 Å². The van der Waals surface area contributed by atoms with Crippen LogP contribution in [-0.4, -0.2) is 11.2 Å². The molecule has 0 heterocycles. The van der Waals surface area contributed by atoms with Crippen LogP contribution in [0.25, 0.3) is 0 Å². The van der Waals surface area contributed by atoms with E-state index in [0.29, 0.717) is 11.3 Å². The zero-order valence-electron chi connectivity index (χ0n) is 8.21. The van der Waals surface area contributed by atoms with Gasteiger partial charge in [-0.15, -0.1) is 0 Å². The predicted octanol–water partition coefficient (Wildman–Crippen LogP) is 2.58. The lowest BCUT2D eigenvalue weighted by molar-refractivity contribution is 0.0152. The third-order valence-corrected chi connectivity index (χ3v) is 4.01. The summed E-state index contributed by atoms with van der Waals surface area (Å²) in [4.78, 5) is 0. The second-order valence-electron chi connectivity index (χ2n) is 5.25. The van der Waals surface area contributed by atoms with Crippen molar-refractivity contribution in [2.24, 2.45) is 17.3 Å². The largest absolute Gasteiger partial charge is 0.393 e. The van der Waals surface area contributed by atoms with Crippen LogP contribution in [0.4, 0.5) is 0 Å². The van der Waals surface area contributed by atoms with Gasteiger partial charge in [-0.1, -0.05) is 20.3 Å². The molecule has 70 valence electrons. The molecule has 0 saturated heterocycles. The average molecular weight is 168 g/mol. The highest BCUT2D eigenvalue weighted by Crippen LogP contribution is 2.56. The molecular formula is C11H20O. The third kappa shape index (κ3) is 1.39. The summed E-state index contributed by atoms with van der Waals surface area (Å²) < 4.78 is 0. The van der Waals surface area contributed by atoms with E-state index in [2.05, 4.69) is 13.8 Å². The van der Waals surface area contributed by atoms with E-state index in [-0.39, 0.29) is 6.10 Å². The maximum absolute atomic E-state index is 9.91. The van der Waals surface area contributed by atoms with Gasteiger partial charge in [-0.05, 0) is 42.9 Å². The monoisotopic (exact) mass is 168 g/mol. The first-order valence-corrected chi connectivity index (χ1v) is 5.30. The topological polar surface area (TPSA) is 20.2 Å². The van der Waals surface area contributed by atoms with Gasteiger partial charge in [0, 0.05) is 0 Å². The number of hydrogen-bond acceptors (Lipinski definition) is 1. The van der Waals surface area contributed by atoms with Gasteiger partial charge in [0.05, 0.1) is 6.10 Å². The van der Waals surface area contributed by atoms with E-state index in [9.17, 15) is 5.11 Å². The molecular weight excluding hydrogens is 148 g/mol. The zero-order chi connectivity index (χ0) is 8.77. The van der Waals surface area contributed by atoms with Crippen molar-refractivity contribution in [2.75, 3.05) is 0 Å². The fourth-order valence-electron chi connectivity index (χ4n) is 2.73. The molecule has 2 fully saturated rings. The minimum absolute atomic E-state index is 0.00116. The highest BCUT2D eigenvalue weighted by atomic mass is 16.3. The fraction of sp³-hybridized carbons (Fsp3) is 1.00. The smallest absolute Gasteiger partial charge is 0.0576 e. The molecule has 0 aromatic rings. The van der Waals surface area contributed by atoms with Crippen LogP contribution >= 0.6 is 0 Å². The Hall–Kier alpha value is -0.0400. The molecule has 0 radical (unpaired) electrons. The number of aliphatic hydroxyl groups is 1. The number of hydrogen-bond donors (Lipinski definition) is 1. The Bertz CT molecular complexity index is 172. The molecule has 0 amide bonds. The van der Waals surface area contributed by atoms with Gasteiger partial charge in [-0.25, -0.2) is 0 Å². The third-order valence-electron chi connectivity index (χ3n) is 4.01. The molecule has 3 atom stereocenters. The van der Waals surface area contributed by atoms with Crippen LogP contribution < -0.4 is 0 Å². The standard InChI is InChI=1S/C11H20O/c1-8-3-4-9(10(12)7-8)11(2)5-6-11/h8-10,12H,3-7H2,1-2H3/t8-,9-,10-/m1/s1. The average Bonchev–Trinajstić information content (AvgIpc) is 2.68. The summed E-state index contributed by atoms with van der Waals surface area (Å²) in [6.07, 6.45) is 6.34. The van der Waals surface area contributed by atoms with Crippen molar-refractivity contribution in [3.8, 4) is 0 Å². The Morgan fingerprint density at radius 3 is 2.42 bits per heavy atom. The number of rotatable bonds is 1. The lowest BCUT2D eigenvalue weighted by atomic mass is 9.73. The molecule has 2 aliphatic carbocycles. The maximum Gasteiger partial charge on any atom is 0.0576 e. The molecule has 0 bridgehead atoms. The van der Waals surface area contributed by atoms with Crippen molar-refractivity contribution in [2.45, 2.75) is 52.1 Å². The van der Waals surface area contributed by atoms with E-state index in [4.69, 9.17) is 0 Å². The van der Waals surface area contributed by atoms with Gasteiger partial charge in [0.2, 0.25) is 0 Å². The van der Waals surface area contributed by atoms with Crippen molar-refractivity contribution >= 4 is 0 Å². The van der Waals surface area contributed by atoms with Crippen LogP contribution in [0.2, 0.25) is 0 Å². The van der Waals surface area contributed by atoms with Gasteiger partial charge in [-0.3, -0.25) is 0 Å². The van der Waals surface area contributed by atoms with Gasteiger partial charge >= 0.3 is 0 Å². The molecule has 0 aromatic carbocycles. The summed E-state index contributed by atoms with van der Waals surface area (Å²) in [6, 6.07) is 0. The highest BCUT2D eigenvalue weighted by molar-refractivity contribution is 4.99. The Kier molecular flexibility index (Phi) is 1.95. The summed E-state index contributed by atoms with van der Waals surface area (Å²) in [7, 11) is 0. The summed E-state index contributed by atoms with van der Waals surface area (Å²) in [5, 5.41) is 9.91. The first-order chi connectivity index (χ1) is 5.62. The van der Waals surface area contributed by atoms with E-state index in [0.717, 1.165) is 12.3 Å². The first-order valence-electron chi connectivity index (χ1n) is 5.30. The van der Waals surface area contributed by atoms with Gasteiger partial charge in [0.15, 0.2) is 0 Å². The minimum Gasteiger partial charge on any atom is -0.393 e. The van der Waals surface area contributed by atoms with Crippen LogP contribution in [0.3, 0.4) is 0 Å². The summed E-state index contributed by atoms with van der Waals surface area (Å²) >= 11 is 0. The normalized spacial score (nSPS) is 45.8. The molecule has 12 heavy (non-hydrogen) atoms. The second-order valence-corrected chi connectivity index (χ2v) is 5.25. The Balaban J connectivity index is 1.98.